The molecule has 0 aliphatic heterocycles. The molecule has 0 spiro atoms. The molecule has 1 aromatic heterocycles. The van der Waals surface area contributed by atoms with E-state index in [0.717, 1.165) is 24.0 Å². The third kappa shape index (κ3) is 3.54. The summed E-state index contributed by atoms with van der Waals surface area (Å²) in [6, 6.07) is 6.38. The van der Waals surface area contributed by atoms with E-state index < -0.39 is 0 Å². The predicted octanol–water partition coefficient (Wildman–Crippen LogP) is 1.80. The first-order valence-electron chi connectivity index (χ1n) is 6.31. The van der Waals surface area contributed by atoms with Crippen molar-refractivity contribution in [1.82, 2.24) is 25.5 Å². The SMILES string of the molecule is CNCCn1nnnc1SCc1c(C)cccc1C. The molecule has 0 amide bonds. The summed E-state index contributed by atoms with van der Waals surface area (Å²) in [6.45, 7) is 5.94. The Labute approximate surface area is 117 Å². The maximum Gasteiger partial charge on any atom is 0.209 e. The number of nitrogens with one attached hydrogen (secondary N) is 1. The molecule has 2 rings (SSSR count). The van der Waals surface area contributed by atoms with Gasteiger partial charge in [0.05, 0.1) is 6.54 Å². The lowest BCUT2D eigenvalue weighted by Gasteiger charge is -2.09. The smallest absolute Gasteiger partial charge is 0.209 e. The van der Waals surface area contributed by atoms with E-state index in [0.29, 0.717) is 0 Å². The monoisotopic (exact) mass is 277 g/mol. The minimum absolute atomic E-state index is 0.790. The van der Waals surface area contributed by atoms with Crippen molar-refractivity contribution in [2.45, 2.75) is 31.3 Å². The van der Waals surface area contributed by atoms with E-state index in [-0.39, 0.29) is 0 Å². The first-order chi connectivity index (χ1) is 9.22. The van der Waals surface area contributed by atoms with E-state index in [1.54, 1.807) is 11.8 Å². The molecule has 102 valence electrons. The summed E-state index contributed by atoms with van der Waals surface area (Å²) in [4.78, 5) is 0. The van der Waals surface area contributed by atoms with Gasteiger partial charge in [0.1, 0.15) is 0 Å². The van der Waals surface area contributed by atoms with E-state index in [1.165, 1.54) is 16.7 Å². The summed E-state index contributed by atoms with van der Waals surface area (Å²) < 4.78 is 1.84. The molecular formula is C13H19N5S. The summed E-state index contributed by atoms with van der Waals surface area (Å²) in [6.07, 6.45) is 0. The van der Waals surface area contributed by atoms with Crippen LogP contribution in [-0.2, 0) is 12.3 Å². The van der Waals surface area contributed by atoms with Crippen LogP contribution in [0.2, 0.25) is 0 Å². The molecule has 0 unspecified atom stereocenters. The minimum atomic E-state index is 0.790. The highest BCUT2D eigenvalue weighted by Gasteiger charge is 2.09. The summed E-state index contributed by atoms with van der Waals surface area (Å²) in [5, 5.41) is 15.8. The van der Waals surface area contributed by atoms with Gasteiger partial charge in [-0.1, -0.05) is 30.0 Å². The Morgan fingerprint density at radius 2 is 2.00 bits per heavy atom. The van der Waals surface area contributed by atoms with Crippen LogP contribution in [0.15, 0.2) is 23.4 Å². The van der Waals surface area contributed by atoms with Crippen molar-refractivity contribution in [2.75, 3.05) is 13.6 Å². The van der Waals surface area contributed by atoms with Crippen molar-refractivity contribution in [1.29, 1.82) is 0 Å². The molecule has 0 fully saturated rings. The topological polar surface area (TPSA) is 55.6 Å². The van der Waals surface area contributed by atoms with Crippen LogP contribution in [0.3, 0.4) is 0 Å². The second kappa shape index (κ2) is 6.68. The van der Waals surface area contributed by atoms with E-state index >= 15 is 0 Å². The molecule has 19 heavy (non-hydrogen) atoms. The Morgan fingerprint density at radius 1 is 1.26 bits per heavy atom. The lowest BCUT2D eigenvalue weighted by atomic mass is 10.1. The van der Waals surface area contributed by atoms with Gasteiger partial charge in [0.2, 0.25) is 5.16 Å². The third-order valence-electron chi connectivity index (χ3n) is 3.06. The fraction of sp³-hybridized carbons (Fsp3) is 0.462. The molecule has 1 heterocycles. The summed E-state index contributed by atoms with van der Waals surface area (Å²) >= 11 is 1.68. The fourth-order valence-electron chi connectivity index (χ4n) is 1.87. The molecule has 0 bridgehead atoms. The lowest BCUT2D eigenvalue weighted by Crippen LogP contribution is -2.16. The number of rotatable bonds is 6. The van der Waals surface area contributed by atoms with Crippen molar-refractivity contribution < 1.29 is 0 Å². The number of likely N-dealkylation sites (N-methyl/N-ethyl adjacent to an activating group) is 1. The van der Waals surface area contributed by atoms with Crippen LogP contribution in [0, 0.1) is 13.8 Å². The number of benzene rings is 1. The van der Waals surface area contributed by atoms with Crippen LogP contribution in [0.4, 0.5) is 0 Å². The predicted molar refractivity (Wildman–Crippen MR) is 77.2 cm³/mol. The Morgan fingerprint density at radius 3 is 2.68 bits per heavy atom. The third-order valence-corrected chi connectivity index (χ3v) is 4.05. The average Bonchev–Trinajstić information content (AvgIpc) is 2.83. The Kier molecular flexibility index (Phi) is 4.93. The van der Waals surface area contributed by atoms with Gasteiger partial charge in [0.15, 0.2) is 0 Å². The molecule has 1 N–H and O–H groups in total. The molecule has 5 nitrogen and oxygen atoms in total. The second-order valence-corrected chi connectivity index (χ2v) is 5.39. The number of tetrazole rings is 1. The van der Waals surface area contributed by atoms with Gasteiger partial charge < -0.3 is 5.32 Å². The number of thioether (sulfide) groups is 1. The Balaban J connectivity index is 2.04. The Hall–Kier alpha value is -1.40. The lowest BCUT2D eigenvalue weighted by molar-refractivity contribution is 0.530. The van der Waals surface area contributed by atoms with Gasteiger partial charge in [-0.25, -0.2) is 4.68 Å². The molecule has 0 radical (unpaired) electrons. The maximum absolute atomic E-state index is 4.08. The van der Waals surface area contributed by atoms with Crippen molar-refractivity contribution in [2.24, 2.45) is 0 Å². The van der Waals surface area contributed by atoms with Gasteiger partial charge in [-0.05, 0) is 48.0 Å². The largest absolute Gasteiger partial charge is 0.318 e. The van der Waals surface area contributed by atoms with Gasteiger partial charge in [-0.15, -0.1) is 5.10 Å². The zero-order valence-electron chi connectivity index (χ0n) is 11.6. The fourth-order valence-corrected chi connectivity index (χ4v) is 2.97. The number of aryl methyl sites for hydroxylation is 2. The molecule has 0 aliphatic carbocycles. The molecule has 2 aromatic rings. The number of hydrogen-bond acceptors (Lipinski definition) is 5. The molecule has 0 aliphatic rings. The molecular weight excluding hydrogens is 258 g/mol. The van der Waals surface area contributed by atoms with E-state index in [2.05, 4.69) is 52.9 Å². The highest BCUT2D eigenvalue weighted by molar-refractivity contribution is 7.98. The maximum atomic E-state index is 4.08. The summed E-state index contributed by atoms with van der Waals surface area (Å²) in [5.41, 5.74) is 4.01. The Bertz CT molecular complexity index is 517. The zero-order chi connectivity index (χ0) is 13.7. The molecule has 1 aromatic carbocycles. The van der Waals surface area contributed by atoms with Gasteiger partial charge >= 0.3 is 0 Å². The molecule has 0 saturated heterocycles. The van der Waals surface area contributed by atoms with Gasteiger partial charge in [0.25, 0.3) is 0 Å². The van der Waals surface area contributed by atoms with Gasteiger partial charge in [0, 0.05) is 12.3 Å². The van der Waals surface area contributed by atoms with Crippen molar-refractivity contribution in [3.8, 4) is 0 Å². The quantitative estimate of drug-likeness (QED) is 0.816. The molecule has 0 saturated carbocycles. The van der Waals surface area contributed by atoms with Crippen LogP contribution in [0.25, 0.3) is 0 Å². The highest BCUT2D eigenvalue weighted by Crippen LogP contribution is 2.24. The molecule has 0 atom stereocenters. The second-order valence-electron chi connectivity index (χ2n) is 4.45. The standard InChI is InChI=1S/C13H19N5S/c1-10-5-4-6-11(2)12(10)9-19-13-15-16-17-18(13)8-7-14-3/h4-6,14H,7-9H2,1-3H3. The van der Waals surface area contributed by atoms with E-state index in [9.17, 15) is 0 Å². The minimum Gasteiger partial charge on any atom is -0.318 e. The van der Waals surface area contributed by atoms with E-state index in [4.69, 9.17) is 0 Å². The summed E-state index contributed by atoms with van der Waals surface area (Å²) in [7, 11) is 1.92. The average molecular weight is 277 g/mol. The first-order valence-corrected chi connectivity index (χ1v) is 7.29. The first kappa shape index (κ1) is 14.0. The summed E-state index contributed by atoms with van der Waals surface area (Å²) in [5.74, 6) is 0.901. The van der Waals surface area contributed by atoms with Crippen molar-refractivity contribution >= 4 is 11.8 Å². The number of hydrogen-bond donors (Lipinski definition) is 1. The van der Waals surface area contributed by atoms with Crippen LogP contribution in [-0.4, -0.2) is 33.8 Å². The molecule has 6 heteroatoms. The van der Waals surface area contributed by atoms with Gasteiger partial charge in [-0.3, -0.25) is 0 Å². The highest BCUT2D eigenvalue weighted by atomic mass is 32.2. The van der Waals surface area contributed by atoms with Crippen molar-refractivity contribution in [3.05, 3.63) is 34.9 Å². The van der Waals surface area contributed by atoms with Crippen LogP contribution >= 0.6 is 11.8 Å². The number of nitrogens with zero attached hydrogens (tertiary/aromatic N) is 4. The number of aromatic nitrogens is 4. The van der Waals surface area contributed by atoms with Crippen LogP contribution in [0.1, 0.15) is 16.7 Å². The van der Waals surface area contributed by atoms with Gasteiger partial charge in [-0.2, -0.15) is 0 Å². The van der Waals surface area contributed by atoms with Crippen LogP contribution < -0.4 is 5.32 Å². The van der Waals surface area contributed by atoms with E-state index in [1.807, 2.05) is 11.7 Å². The van der Waals surface area contributed by atoms with Crippen molar-refractivity contribution in [3.63, 3.8) is 0 Å². The van der Waals surface area contributed by atoms with Crippen LogP contribution in [0.5, 0.6) is 0 Å². The zero-order valence-corrected chi connectivity index (χ0v) is 12.4. The normalized spacial score (nSPS) is 10.9.